The van der Waals surface area contributed by atoms with E-state index in [0.29, 0.717) is 0 Å². The summed E-state index contributed by atoms with van der Waals surface area (Å²) in [5.74, 6) is -2.30. The lowest BCUT2D eigenvalue weighted by Gasteiger charge is -2.02. The third-order valence-electron chi connectivity index (χ3n) is 1.64. The molecule has 0 heterocycles. The van der Waals surface area contributed by atoms with Crippen molar-refractivity contribution in [3.63, 3.8) is 0 Å². The van der Waals surface area contributed by atoms with Crippen molar-refractivity contribution >= 4 is 17.4 Å². The second kappa shape index (κ2) is 4.36. The molecule has 0 aliphatic rings. The predicted octanol–water partition coefficient (Wildman–Crippen LogP) is 2.74. The van der Waals surface area contributed by atoms with Crippen molar-refractivity contribution in [1.82, 2.24) is 0 Å². The summed E-state index contributed by atoms with van der Waals surface area (Å²) in [5.41, 5.74) is -0.569. The lowest BCUT2D eigenvalue weighted by Crippen LogP contribution is -2.00. The zero-order valence-corrected chi connectivity index (χ0v) is 8.11. The van der Waals surface area contributed by atoms with Gasteiger partial charge in [-0.25, -0.2) is 4.39 Å². The van der Waals surface area contributed by atoms with Crippen molar-refractivity contribution in [2.24, 2.45) is 0 Å². The maximum Gasteiger partial charge on any atom is 0.311 e. The van der Waals surface area contributed by atoms with Crippen molar-refractivity contribution in [1.29, 1.82) is 0 Å². The van der Waals surface area contributed by atoms with Crippen LogP contribution in [0.25, 0.3) is 0 Å². The fourth-order valence-corrected chi connectivity index (χ4v) is 1.59. The molecule has 0 aliphatic carbocycles. The summed E-state index contributed by atoms with van der Waals surface area (Å²) in [7, 11) is 0. The first-order chi connectivity index (χ1) is 6.57. The first-order valence-corrected chi connectivity index (χ1v) is 5.07. The number of halogens is 2. The molecule has 0 saturated heterocycles. The van der Waals surface area contributed by atoms with E-state index in [1.54, 1.807) is 6.26 Å². The van der Waals surface area contributed by atoms with Crippen molar-refractivity contribution in [2.45, 2.75) is 5.75 Å². The standard InChI is InChI=1S/C8H7F2NO2S/c1-14-4-5-2-3-6(9)7(10)8(5)11(12)13/h2-3H,4H2,1H3. The molecule has 76 valence electrons. The second-order valence-electron chi connectivity index (χ2n) is 2.56. The van der Waals surface area contributed by atoms with Crippen LogP contribution >= 0.6 is 11.8 Å². The average molecular weight is 219 g/mol. The molecule has 0 fully saturated rings. The number of nitrogens with zero attached hydrogens (tertiary/aromatic N) is 1. The van der Waals surface area contributed by atoms with E-state index in [1.807, 2.05) is 0 Å². The molecule has 0 N–H and O–H groups in total. The average Bonchev–Trinajstić information content (AvgIpc) is 2.11. The van der Waals surface area contributed by atoms with E-state index in [4.69, 9.17) is 0 Å². The highest BCUT2D eigenvalue weighted by Crippen LogP contribution is 2.27. The first-order valence-electron chi connectivity index (χ1n) is 3.68. The molecule has 1 aromatic rings. The SMILES string of the molecule is CSCc1ccc(F)c(F)c1[N+](=O)[O-]. The van der Waals surface area contributed by atoms with E-state index in [1.165, 1.54) is 17.8 Å². The number of benzene rings is 1. The van der Waals surface area contributed by atoms with Gasteiger partial charge < -0.3 is 0 Å². The third kappa shape index (κ3) is 2.01. The molecule has 1 aromatic carbocycles. The number of nitro benzene ring substituents is 1. The molecule has 14 heavy (non-hydrogen) atoms. The molecule has 0 amide bonds. The Kier molecular flexibility index (Phi) is 3.40. The van der Waals surface area contributed by atoms with Crippen molar-refractivity contribution in [2.75, 3.05) is 6.26 Å². The van der Waals surface area contributed by atoms with Gasteiger partial charge in [-0.2, -0.15) is 16.2 Å². The van der Waals surface area contributed by atoms with Gasteiger partial charge in [0.2, 0.25) is 5.82 Å². The fraction of sp³-hybridized carbons (Fsp3) is 0.250. The van der Waals surface area contributed by atoms with Crippen LogP contribution in [-0.4, -0.2) is 11.2 Å². The normalized spacial score (nSPS) is 10.2. The Morgan fingerprint density at radius 2 is 2.14 bits per heavy atom. The summed E-state index contributed by atoms with van der Waals surface area (Å²) in [6.07, 6.45) is 1.73. The van der Waals surface area contributed by atoms with Gasteiger partial charge in [0, 0.05) is 11.3 Å². The van der Waals surface area contributed by atoms with Crippen LogP contribution in [0.15, 0.2) is 12.1 Å². The number of hydrogen-bond donors (Lipinski definition) is 0. The van der Waals surface area contributed by atoms with Crippen LogP contribution in [0.4, 0.5) is 14.5 Å². The van der Waals surface area contributed by atoms with Gasteiger partial charge in [-0.1, -0.05) is 0 Å². The van der Waals surface area contributed by atoms with Crippen LogP contribution < -0.4 is 0 Å². The quantitative estimate of drug-likeness (QED) is 0.580. The fourth-order valence-electron chi connectivity index (χ4n) is 1.05. The van der Waals surface area contributed by atoms with Gasteiger partial charge in [0.25, 0.3) is 0 Å². The predicted molar refractivity (Wildman–Crippen MR) is 50.2 cm³/mol. The lowest BCUT2D eigenvalue weighted by atomic mass is 10.2. The van der Waals surface area contributed by atoms with E-state index in [9.17, 15) is 18.9 Å². The van der Waals surface area contributed by atoms with Crippen molar-refractivity contribution in [3.05, 3.63) is 39.4 Å². The van der Waals surface area contributed by atoms with Crippen LogP contribution in [-0.2, 0) is 5.75 Å². The molecule has 6 heteroatoms. The van der Waals surface area contributed by atoms with Gasteiger partial charge in [-0.15, -0.1) is 0 Å². The molecule has 0 radical (unpaired) electrons. The number of hydrogen-bond acceptors (Lipinski definition) is 3. The summed E-state index contributed by atoms with van der Waals surface area (Å²) in [6.45, 7) is 0. The Hall–Kier alpha value is -1.17. The Morgan fingerprint density at radius 1 is 1.50 bits per heavy atom. The van der Waals surface area contributed by atoms with Gasteiger partial charge in [0.05, 0.1) is 4.92 Å². The highest BCUT2D eigenvalue weighted by molar-refractivity contribution is 7.97. The summed E-state index contributed by atoms with van der Waals surface area (Å²) in [5, 5.41) is 10.5. The molecule has 0 unspecified atom stereocenters. The molecular formula is C8H7F2NO2S. The summed E-state index contributed by atoms with van der Waals surface area (Å²) in [6, 6.07) is 2.13. The summed E-state index contributed by atoms with van der Waals surface area (Å²) < 4.78 is 25.7. The molecule has 3 nitrogen and oxygen atoms in total. The molecule has 1 rings (SSSR count). The summed E-state index contributed by atoms with van der Waals surface area (Å²) >= 11 is 1.31. The molecular weight excluding hydrogens is 212 g/mol. The Balaban J connectivity index is 3.30. The molecule has 0 aromatic heterocycles. The van der Waals surface area contributed by atoms with Crippen LogP contribution in [0.5, 0.6) is 0 Å². The highest BCUT2D eigenvalue weighted by atomic mass is 32.2. The second-order valence-corrected chi connectivity index (χ2v) is 3.43. The Labute approximate surface area is 83.3 Å². The smallest absolute Gasteiger partial charge is 0.258 e. The molecule has 0 saturated carbocycles. The maximum absolute atomic E-state index is 13.0. The molecule has 0 aliphatic heterocycles. The monoisotopic (exact) mass is 219 g/mol. The van der Waals surface area contributed by atoms with Crippen LogP contribution in [0.2, 0.25) is 0 Å². The van der Waals surface area contributed by atoms with Crippen LogP contribution in [0.3, 0.4) is 0 Å². The third-order valence-corrected chi connectivity index (χ3v) is 2.23. The van der Waals surface area contributed by atoms with E-state index in [-0.39, 0.29) is 11.3 Å². The minimum absolute atomic E-state index is 0.196. The van der Waals surface area contributed by atoms with E-state index in [2.05, 4.69) is 0 Å². The van der Waals surface area contributed by atoms with Crippen molar-refractivity contribution < 1.29 is 13.7 Å². The lowest BCUT2D eigenvalue weighted by molar-refractivity contribution is -0.388. The number of rotatable bonds is 3. The van der Waals surface area contributed by atoms with Gasteiger partial charge in [0.15, 0.2) is 5.82 Å². The topological polar surface area (TPSA) is 43.1 Å². The number of thioether (sulfide) groups is 1. The van der Waals surface area contributed by atoms with E-state index < -0.39 is 22.2 Å². The Morgan fingerprint density at radius 3 is 2.64 bits per heavy atom. The van der Waals surface area contributed by atoms with Crippen molar-refractivity contribution in [3.8, 4) is 0 Å². The minimum Gasteiger partial charge on any atom is -0.258 e. The largest absolute Gasteiger partial charge is 0.311 e. The van der Waals surface area contributed by atoms with Gasteiger partial charge in [0.1, 0.15) is 0 Å². The van der Waals surface area contributed by atoms with E-state index in [0.717, 1.165) is 6.07 Å². The minimum atomic E-state index is -1.39. The molecule has 0 atom stereocenters. The van der Waals surface area contributed by atoms with Crippen LogP contribution in [0, 0.1) is 21.7 Å². The van der Waals surface area contributed by atoms with Crippen LogP contribution in [0.1, 0.15) is 5.56 Å². The van der Waals surface area contributed by atoms with Gasteiger partial charge >= 0.3 is 5.69 Å². The van der Waals surface area contributed by atoms with Gasteiger partial charge in [-0.05, 0) is 18.4 Å². The van der Waals surface area contributed by atoms with Gasteiger partial charge in [-0.3, -0.25) is 10.1 Å². The number of nitro groups is 1. The maximum atomic E-state index is 13.0. The summed E-state index contributed by atoms with van der Waals surface area (Å²) in [4.78, 5) is 9.56. The highest BCUT2D eigenvalue weighted by Gasteiger charge is 2.23. The molecule has 0 spiro atoms. The molecule has 0 bridgehead atoms. The van der Waals surface area contributed by atoms with E-state index >= 15 is 0 Å². The first kappa shape index (κ1) is 10.9. The zero-order valence-electron chi connectivity index (χ0n) is 7.29. The Bertz CT molecular complexity index is 371. The zero-order chi connectivity index (χ0) is 10.7.